The number of phenolic OH excluding ortho intramolecular Hbond substituents is 1. The molecule has 1 aromatic carbocycles. The molecule has 1 aliphatic rings. The third-order valence-corrected chi connectivity index (χ3v) is 3.52. The van der Waals surface area contributed by atoms with E-state index in [-0.39, 0.29) is 29.6 Å². The molecule has 2 amide bonds. The molecule has 2 rings (SSSR count). The Bertz CT molecular complexity index is 594. The number of rotatable bonds is 4. The van der Waals surface area contributed by atoms with Crippen molar-refractivity contribution in [2.24, 2.45) is 0 Å². The van der Waals surface area contributed by atoms with Gasteiger partial charge in [-0.2, -0.15) is 0 Å². The molecule has 1 aromatic rings. The molecule has 3 N–H and O–H groups in total. The fourth-order valence-electron chi connectivity index (χ4n) is 1.70. The van der Waals surface area contributed by atoms with Gasteiger partial charge in [-0.05, 0) is 28.1 Å². The molecule has 0 atom stereocenters. The summed E-state index contributed by atoms with van der Waals surface area (Å²) in [6, 6.07) is 2.95. The lowest BCUT2D eigenvalue weighted by molar-refractivity contribution is -0.137. The number of aliphatic hydroxyl groups is 1. The Balaban J connectivity index is 2.21. The lowest BCUT2D eigenvalue weighted by atomic mass is 10.3. The number of aliphatic hydroxyl groups excluding tert-OH is 1. The number of carbonyl (C=O) groups is 2. The minimum Gasteiger partial charge on any atom is -0.505 e. The molecule has 0 bridgehead atoms. The predicted molar refractivity (Wildman–Crippen MR) is 76.3 cm³/mol. The van der Waals surface area contributed by atoms with E-state index in [2.05, 4.69) is 21.2 Å². The number of hydrogen-bond donors (Lipinski definition) is 3. The summed E-state index contributed by atoms with van der Waals surface area (Å²) in [5.41, 5.74) is 0.523. The molecule has 20 heavy (non-hydrogen) atoms. The summed E-state index contributed by atoms with van der Waals surface area (Å²) in [4.78, 5) is 24.4. The maximum atomic E-state index is 11.9. The number of hydrogen-bond acceptors (Lipinski definition) is 5. The first-order valence-corrected chi connectivity index (χ1v) is 6.74. The number of halogens is 2. The second-order valence-electron chi connectivity index (χ2n) is 3.99. The number of benzene rings is 1. The summed E-state index contributed by atoms with van der Waals surface area (Å²) >= 11 is 8.93. The van der Waals surface area contributed by atoms with Gasteiger partial charge in [0.15, 0.2) is 0 Å². The monoisotopic (exact) mass is 360 g/mol. The molecule has 0 aliphatic carbocycles. The van der Waals surface area contributed by atoms with Crippen LogP contribution in [0.3, 0.4) is 0 Å². The molecule has 0 fully saturated rings. The molecule has 0 saturated carbocycles. The Labute approximate surface area is 127 Å². The highest BCUT2D eigenvalue weighted by Gasteiger charge is 2.30. The van der Waals surface area contributed by atoms with Crippen molar-refractivity contribution < 1.29 is 19.8 Å². The van der Waals surface area contributed by atoms with Crippen LogP contribution in [-0.4, -0.2) is 40.1 Å². The number of β-amino-alcohol motifs (C(OH)–C–C–N with tert-alkyl or cyclic N) is 1. The number of imide groups is 1. The Morgan fingerprint density at radius 2 is 2.05 bits per heavy atom. The van der Waals surface area contributed by atoms with Gasteiger partial charge in [-0.25, -0.2) is 0 Å². The summed E-state index contributed by atoms with van der Waals surface area (Å²) in [5, 5.41) is 21.2. The van der Waals surface area contributed by atoms with Crippen LogP contribution in [0.1, 0.15) is 0 Å². The molecule has 0 aromatic heterocycles. The highest BCUT2D eigenvalue weighted by Crippen LogP contribution is 2.35. The quantitative estimate of drug-likeness (QED) is 0.558. The minimum atomic E-state index is -0.524. The van der Waals surface area contributed by atoms with Crippen molar-refractivity contribution in [2.75, 3.05) is 18.5 Å². The third-order valence-electron chi connectivity index (χ3n) is 2.63. The molecule has 1 aliphatic heterocycles. The third kappa shape index (κ3) is 2.79. The highest BCUT2D eigenvalue weighted by atomic mass is 79.9. The molecule has 8 heteroatoms. The van der Waals surface area contributed by atoms with Gasteiger partial charge in [0, 0.05) is 11.8 Å². The predicted octanol–water partition coefficient (Wildman–Crippen LogP) is 1.47. The first-order valence-electron chi connectivity index (χ1n) is 5.57. The normalized spacial score (nSPS) is 14.8. The van der Waals surface area contributed by atoms with Crippen molar-refractivity contribution in [1.29, 1.82) is 0 Å². The zero-order chi connectivity index (χ0) is 14.9. The van der Waals surface area contributed by atoms with Crippen LogP contribution in [0, 0.1) is 0 Å². The number of nitrogens with zero attached hydrogens (tertiary/aromatic N) is 1. The number of nitrogens with one attached hydrogen (secondary N) is 1. The second-order valence-corrected chi connectivity index (χ2v) is 5.25. The van der Waals surface area contributed by atoms with E-state index in [1.165, 1.54) is 12.1 Å². The van der Waals surface area contributed by atoms with Crippen molar-refractivity contribution in [2.45, 2.75) is 0 Å². The van der Waals surface area contributed by atoms with Crippen molar-refractivity contribution in [3.63, 3.8) is 0 Å². The Kier molecular flexibility index (Phi) is 4.32. The van der Waals surface area contributed by atoms with Gasteiger partial charge in [0.25, 0.3) is 11.8 Å². The summed E-state index contributed by atoms with van der Waals surface area (Å²) in [6.45, 7) is -0.353. The first-order chi connectivity index (χ1) is 9.43. The highest BCUT2D eigenvalue weighted by molar-refractivity contribution is 9.10. The summed E-state index contributed by atoms with van der Waals surface area (Å²) in [7, 11) is 0. The number of phenols is 1. The smallest absolute Gasteiger partial charge is 0.277 e. The summed E-state index contributed by atoms with van der Waals surface area (Å²) in [5.74, 6) is -1.12. The van der Waals surface area contributed by atoms with Crippen LogP contribution in [-0.2, 0) is 9.59 Å². The van der Waals surface area contributed by atoms with E-state index in [1.54, 1.807) is 0 Å². The van der Waals surface area contributed by atoms with E-state index >= 15 is 0 Å². The van der Waals surface area contributed by atoms with E-state index in [1.807, 2.05) is 0 Å². The van der Waals surface area contributed by atoms with Gasteiger partial charge < -0.3 is 15.5 Å². The lowest BCUT2D eigenvalue weighted by Gasteiger charge is -2.13. The van der Waals surface area contributed by atoms with Crippen LogP contribution in [0.5, 0.6) is 5.75 Å². The van der Waals surface area contributed by atoms with Gasteiger partial charge >= 0.3 is 0 Å². The number of anilines is 1. The van der Waals surface area contributed by atoms with Crippen LogP contribution in [0.25, 0.3) is 0 Å². The van der Waals surface area contributed by atoms with E-state index in [0.717, 1.165) is 11.0 Å². The summed E-state index contributed by atoms with van der Waals surface area (Å²) in [6.07, 6.45) is 1.15. The van der Waals surface area contributed by atoms with Crippen LogP contribution >= 0.6 is 27.5 Å². The largest absolute Gasteiger partial charge is 0.505 e. The molecule has 0 saturated heterocycles. The zero-order valence-corrected chi connectivity index (χ0v) is 12.4. The number of carbonyl (C=O) groups excluding carboxylic acids is 2. The topological polar surface area (TPSA) is 89.9 Å². The Morgan fingerprint density at radius 1 is 1.35 bits per heavy atom. The number of aromatic hydroxyl groups is 1. The summed E-state index contributed by atoms with van der Waals surface area (Å²) < 4.78 is 0.358. The molecule has 6 nitrogen and oxygen atoms in total. The molecular weight excluding hydrogens is 351 g/mol. The molecule has 1 heterocycles. The van der Waals surface area contributed by atoms with Crippen molar-refractivity contribution >= 4 is 45.0 Å². The van der Waals surface area contributed by atoms with Gasteiger partial charge in [0.1, 0.15) is 11.4 Å². The zero-order valence-electron chi connectivity index (χ0n) is 10.1. The molecule has 0 unspecified atom stereocenters. The maximum absolute atomic E-state index is 11.9. The molecule has 0 radical (unpaired) electrons. The SMILES string of the molecule is O=C1C=C(Nc2cc(Cl)c(O)c(Br)c2)C(=O)N1CCO. The standard InChI is InChI=1S/C12H10BrClN2O4/c13-7-3-6(4-8(14)11(7)19)15-9-5-10(18)16(1-2-17)12(9)20/h3-5,15,17,19H,1-2H2. The average Bonchev–Trinajstić information content (AvgIpc) is 2.64. The Hall–Kier alpha value is -1.57. The van der Waals surface area contributed by atoms with Crippen LogP contribution in [0.2, 0.25) is 5.02 Å². The van der Waals surface area contributed by atoms with Gasteiger partial charge in [0.2, 0.25) is 0 Å². The van der Waals surface area contributed by atoms with Crippen LogP contribution in [0.15, 0.2) is 28.4 Å². The fourth-order valence-corrected chi connectivity index (χ4v) is 2.50. The second kappa shape index (κ2) is 5.82. The minimum absolute atomic E-state index is 0.0562. The van der Waals surface area contributed by atoms with E-state index in [9.17, 15) is 14.7 Å². The van der Waals surface area contributed by atoms with Crippen LogP contribution < -0.4 is 5.32 Å². The number of amides is 2. The van der Waals surface area contributed by atoms with Gasteiger partial charge in [-0.1, -0.05) is 11.6 Å². The van der Waals surface area contributed by atoms with Crippen LogP contribution in [0.4, 0.5) is 5.69 Å². The van der Waals surface area contributed by atoms with E-state index in [0.29, 0.717) is 10.2 Å². The maximum Gasteiger partial charge on any atom is 0.277 e. The average molecular weight is 362 g/mol. The van der Waals surface area contributed by atoms with E-state index < -0.39 is 11.8 Å². The molecule has 106 valence electrons. The fraction of sp³-hybridized carbons (Fsp3) is 0.167. The van der Waals surface area contributed by atoms with Crippen molar-refractivity contribution in [1.82, 2.24) is 4.90 Å². The van der Waals surface area contributed by atoms with Crippen molar-refractivity contribution in [3.8, 4) is 5.75 Å². The van der Waals surface area contributed by atoms with Gasteiger partial charge in [0.05, 0.1) is 22.6 Å². The first kappa shape index (κ1) is 14.8. The van der Waals surface area contributed by atoms with Crippen molar-refractivity contribution in [3.05, 3.63) is 33.4 Å². The molecular formula is C12H10BrClN2O4. The molecule has 0 spiro atoms. The van der Waals surface area contributed by atoms with E-state index in [4.69, 9.17) is 16.7 Å². The lowest BCUT2D eigenvalue weighted by Crippen LogP contribution is -2.34. The van der Waals surface area contributed by atoms with Gasteiger partial charge in [-0.3, -0.25) is 14.5 Å². The van der Waals surface area contributed by atoms with Gasteiger partial charge in [-0.15, -0.1) is 0 Å². The Morgan fingerprint density at radius 3 is 2.65 bits per heavy atom.